The normalized spacial score (nSPS) is 13.0. The monoisotopic (exact) mass is 281 g/mol. The van der Waals surface area contributed by atoms with E-state index in [0.717, 1.165) is 0 Å². The average molecular weight is 283 g/mol. The lowest BCUT2D eigenvalue weighted by Gasteiger charge is -2.05. The van der Waals surface area contributed by atoms with Gasteiger partial charge in [-0.05, 0) is 0 Å². The van der Waals surface area contributed by atoms with Gasteiger partial charge in [-0.2, -0.15) is 0 Å². The molecule has 1 atom stereocenters. The summed E-state index contributed by atoms with van der Waals surface area (Å²) in [7, 11) is -1.35. The van der Waals surface area contributed by atoms with Gasteiger partial charge in [-0.25, -0.2) is 4.98 Å². The Balaban J connectivity index is 3.56. The minimum atomic E-state index is -1.35. The summed E-state index contributed by atoms with van der Waals surface area (Å²) in [6, 6.07) is 0. The van der Waals surface area contributed by atoms with Gasteiger partial charge in [-0.3, -0.25) is 4.21 Å². The molecule has 0 aliphatic rings. The zero-order valence-electron chi connectivity index (χ0n) is 6.28. The second-order valence-corrected chi connectivity index (χ2v) is 4.89. The molecular weight excluding hydrogens is 280 g/mol. The molecule has 7 heteroatoms. The van der Waals surface area contributed by atoms with E-state index in [-0.39, 0.29) is 25.2 Å². The molecular formula is C6H3Cl4NOS. The largest absolute Gasteiger partial charge is 0.255 e. The van der Waals surface area contributed by atoms with Crippen LogP contribution in [0.2, 0.25) is 20.4 Å². The number of halogens is 4. The summed E-state index contributed by atoms with van der Waals surface area (Å²) in [5.74, 6) is 0. The minimum Gasteiger partial charge on any atom is -0.255 e. The second kappa shape index (κ2) is 4.32. The standard InChI is InChI=1S/C6H3Cl4NOS/c1-13(12)4-2(7)5(9)11-6(10)3(4)8/h1H3/i5+2,6+2. The fraction of sp³-hybridized carbons (Fsp3) is 0.167. The molecule has 0 bridgehead atoms. The van der Waals surface area contributed by atoms with E-state index in [9.17, 15) is 4.21 Å². The third-order valence-corrected chi connectivity index (χ3v) is 3.93. The van der Waals surface area contributed by atoms with Crippen molar-refractivity contribution < 1.29 is 4.21 Å². The lowest BCUT2D eigenvalue weighted by Crippen LogP contribution is -1.94. The molecule has 0 fully saturated rings. The van der Waals surface area contributed by atoms with Crippen LogP contribution in [-0.2, 0) is 10.8 Å². The summed E-state index contributed by atoms with van der Waals surface area (Å²) >= 11 is 22.7. The average Bonchev–Trinajstić information content (AvgIpc) is 2.01. The fourth-order valence-electron chi connectivity index (χ4n) is 0.720. The molecule has 0 N–H and O–H groups in total. The molecule has 13 heavy (non-hydrogen) atoms. The van der Waals surface area contributed by atoms with E-state index in [1.54, 1.807) is 0 Å². The first-order chi connectivity index (χ1) is 5.95. The summed E-state index contributed by atoms with van der Waals surface area (Å²) in [5, 5.41) is 0.163. The summed E-state index contributed by atoms with van der Waals surface area (Å²) < 4.78 is 11.2. The fourth-order valence-corrected chi connectivity index (χ4v) is 2.91. The first-order valence-electron chi connectivity index (χ1n) is 2.98. The smallest absolute Gasteiger partial charge is 0.150 e. The van der Waals surface area contributed by atoms with E-state index in [1.165, 1.54) is 6.26 Å². The Kier molecular flexibility index (Phi) is 3.83. The predicted octanol–water partition coefficient (Wildman–Crippen LogP) is 3.43. The number of nitrogens with zero attached hydrogens (tertiary/aromatic N) is 1. The third-order valence-electron chi connectivity index (χ3n) is 1.24. The maximum atomic E-state index is 11.2. The van der Waals surface area contributed by atoms with Crippen LogP contribution in [-0.4, -0.2) is 15.4 Å². The van der Waals surface area contributed by atoms with Crippen molar-refractivity contribution in [3.05, 3.63) is 20.4 Å². The topological polar surface area (TPSA) is 30.0 Å². The molecule has 1 aromatic heterocycles. The van der Waals surface area contributed by atoms with Crippen molar-refractivity contribution in [1.82, 2.24) is 4.98 Å². The van der Waals surface area contributed by atoms with Gasteiger partial charge >= 0.3 is 0 Å². The molecule has 1 unspecified atom stereocenters. The van der Waals surface area contributed by atoms with Crippen LogP contribution in [0.1, 0.15) is 0 Å². The Labute approximate surface area is 97.6 Å². The lowest BCUT2D eigenvalue weighted by molar-refractivity contribution is 0.686. The van der Waals surface area contributed by atoms with Crippen molar-refractivity contribution in [2.24, 2.45) is 0 Å². The molecule has 0 saturated heterocycles. The molecule has 1 aromatic rings. The van der Waals surface area contributed by atoms with E-state index in [0.29, 0.717) is 0 Å². The molecule has 2 nitrogen and oxygen atoms in total. The highest BCUT2D eigenvalue weighted by Gasteiger charge is 2.17. The Morgan fingerprint density at radius 2 is 1.62 bits per heavy atom. The van der Waals surface area contributed by atoms with Crippen molar-refractivity contribution in [2.75, 3.05) is 6.26 Å². The van der Waals surface area contributed by atoms with E-state index < -0.39 is 10.8 Å². The quantitative estimate of drug-likeness (QED) is 0.739. The van der Waals surface area contributed by atoms with Gasteiger partial charge in [-0.1, -0.05) is 46.4 Å². The van der Waals surface area contributed by atoms with Crippen molar-refractivity contribution in [3.63, 3.8) is 0 Å². The van der Waals surface area contributed by atoms with Gasteiger partial charge in [0.15, 0.2) is 10.3 Å². The van der Waals surface area contributed by atoms with Crippen molar-refractivity contribution in [3.8, 4) is 0 Å². The van der Waals surface area contributed by atoms with Crippen molar-refractivity contribution in [1.29, 1.82) is 0 Å². The van der Waals surface area contributed by atoms with Crippen LogP contribution in [0.25, 0.3) is 0 Å². The Bertz CT molecular complexity index is 355. The molecule has 0 radical (unpaired) electrons. The van der Waals surface area contributed by atoms with Gasteiger partial charge in [0.2, 0.25) is 0 Å². The van der Waals surface area contributed by atoms with Crippen LogP contribution in [0.5, 0.6) is 0 Å². The molecule has 1 rings (SSSR count). The number of hydrogen-bond acceptors (Lipinski definition) is 2. The highest BCUT2D eigenvalue weighted by Crippen LogP contribution is 2.36. The Hall–Kier alpha value is 0.460. The van der Waals surface area contributed by atoms with Crippen LogP contribution in [0.4, 0.5) is 0 Å². The zero-order valence-corrected chi connectivity index (χ0v) is 10.1. The molecule has 0 aliphatic carbocycles. The van der Waals surface area contributed by atoms with Crippen LogP contribution in [0, 0.1) is 0 Å². The van der Waals surface area contributed by atoms with Crippen LogP contribution in [0.3, 0.4) is 0 Å². The van der Waals surface area contributed by atoms with Gasteiger partial charge < -0.3 is 0 Å². The minimum absolute atomic E-state index is 0.00117. The van der Waals surface area contributed by atoms with Gasteiger partial charge in [0.05, 0.1) is 25.7 Å². The van der Waals surface area contributed by atoms with Crippen LogP contribution >= 0.6 is 46.4 Å². The van der Waals surface area contributed by atoms with E-state index in [1.807, 2.05) is 0 Å². The SMILES string of the molecule is CS(=O)c1c(Cl)[14c](Cl)n[14c](Cl)c1Cl. The van der Waals surface area contributed by atoms with E-state index in [4.69, 9.17) is 46.4 Å². The van der Waals surface area contributed by atoms with Crippen molar-refractivity contribution >= 4 is 57.2 Å². The molecule has 0 aromatic carbocycles. The van der Waals surface area contributed by atoms with E-state index >= 15 is 0 Å². The van der Waals surface area contributed by atoms with E-state index in [2.05, 4.69) is 4.98 Å². The Morgan fingerprint density at radius 1 is 1.23 bits per heavy atom. The maximum Gasteiger partial charge on any atom is 0.150 e. The maximum absolute atomic E-state index is 11.2. The van der Waals surface area contributed by atoms with Crippen LogP contribution in [0.15, 0.2) is 4.90 Å². The lowest BCUT2D eigenvalue weighted by atomic mass is 10.7. The Morgan fingerprint density at radius 3 is 1.92 bits per heavy atom. The number of aromatic nitrogens is 1. The summed E-state index contributed by atoms with van der Waals surface area (Å²) in [5.41, 5.74) is 0. The van der Waals surface area contributed by atoms with Crippen LogP contribution < -0.4 is 0 Å². The summed E-state index contributed by atoms with van der Waals surface area (Å²) in [6.45, 7) is 0. The highest BCUT2D eigenvalue weighted by atomic mass is 35.5. The highest BCUT2D eigenvalue weighted by molar-refractivity contribution is 7.84. The number of pyridine rings is 1. The summed E-state index contributed by atoms with van der Waals surface area (Å²) in [4.78, 5) is 3.86. The van der Waals surface area contributed by atoms with Crippen molar-refractivity contribution in [2.45, 2.75) is 4.90 Å². The van der Waals surface area contributed by atoms with Gasteiger partial charge in [0.25, 0.3) is 0 Å². The molecule has 0 saturated carbocycles. The molecule has 0 spiro atoms. The first-order valence-corrected chi connectivity index (χ1v) is 6.05. The third kappa shape index (κ3) is 2.28. The van der Waals surface area contributed by atoms with Gasteiger partial charge in [0.1, 0.15) is 0 Å². The first kappa shape index (κ1) is 11.5. The molecule has 1 heterocycles. The van der Waals surface area contributed by atoms with Gasteiger partial charge in [0, 0.05) is 6.26 Å². The summed E-state index contributed by atoms with van der Waals surface area (Å²) in [6.07, 6.45) is 1.43. The molecule has 0 amide bonds. The molecule has 72 valence electrons. The van der Waals surface area contributed by atoms with Gasteiger partial charge in [-0.15, -0.1) is 0 Å². The number of rotatable bonds is 1. The molecule has 0 aliphatic heterocycles. The zero-order chi connectivity index (χ0) is 10.2. The second-order valence-electron chi connectivity index (χ2n) is 2.10. The number of hydrogen-bond donors (Lipinski definition) is 0. The predicted molar refractivity (Wildman–Crippen MR) is 56.6 cm³/mol.